The molecular weight excluding hydrogens is 340 g/mol. The van der Waals surface area contributed by atoms with Crippen molar-refractivity contribution >= 4 is 27.1 Å². The van der Waals surface area contributed by atoms with Crippen LogP contribution in [0.1, 0.15) is 46.0 Å². The maximum Gasteiger partial charge on any atom is 0.242 e. The van der Waals surface area contributed by atoms with Gasteiger partial charge < -0.3 is 15.8 Å². The van der Waals surface area contributed by atoms with Crippen LogP contribution in [0, 0.1) is 5.92 Å². The molecule has 1 aromatic rings. The van der Waals surface area contributed by atoms with E-state index in [1.165, 1.54) is 7.11 Å². The number of hydrogen-bond donors (Lipinski definition) is 2. The number of sulfone groups is 1. The fraction of sp³-hybridized carbons (Fsp3) is 0.611. The van der Waals surface area contributed by atoms with E-state index in [4.69, 9.17) is 10.5 Å². The van der Waals surface area contributed by atoms with Crippen molar-refractivity contribution < 1.29 is 17.9 Å². The van der Waals surface area contributed by atoms with E-state index in [0.29, 0.717) is 30.0 Å². The molecular formula is C18H28N2O4S. The molecule has 1 saturated carbocycles. The van der Waals surface area contributed by atoms with Crippen LogP contribution in [0.4, 0.5) is 11.4 Å². The van der Waals surface area contributed by atoms with Gasteiger partial charge in [0.05, 0.1) is 18.0 Å². The lowest BCUT2D eigenvalue weighted by Gasteiger charge is -2.28. The summed E-state index contributed by atoms with van der Waals surface area (Å²) in [5.74, 6) is -0.291. The summed E-state index contributed by atoms with van der Waals surface area (Å²) in [5.41, 5.74) is 6.70. The predicted molar refractivity (Wildman–Crippen MR) is 100 cm³/mol. The second kappa shape index (κ2) is 8.08. The minimum absolute atomic E-state index is 0.303. The number of carbonyl (C=O) groups is 1. The fourth-order valence-electron chi connectivity index (χ4n) is 3.46. The Balaban J connectivity index is 2.21. The number of benzene rings is 1. The highest BCUT2D eigenvalue weighted by atomic mass is 32.2. The normalized spacial score (nSPS) is 17.3. The second-order valence-corrected chi connectivity index (χ2v) is 9.31. The number of nitrogen functional groups attached to an aromatic ring is 1. The van der Waals surface area contributed by atoms with E-state index < -0.39 is 26.2 Å². The van der Waals surface area contributed by atoms with E-state index in [-0.39, 0.29) is 5.92 Å². The van der Waals surface area contributed by atoms with Crippen LogP contribution in [0.15, 0.2) is 18.2 Å². The minimum atomic E-state index is -3.53. The highest BCUT2D eigenvalue weighted by Gasteiger charge is 2.41. The molecule has 1 aromatic carbocycles. The van der Waals surface area contributed by atoms with Crippen molar-refractivity contribution in [2.75, 3.05) is 18.2 Å². The number of methoxy groups -OCH3 is 1. The van der Waals surface area contributed by atoms with Crippen molar-refractivity contribution in [3.8, 4) is 5.75 Å². The van der Waals surface area contributed by atoms with Gasteiger partial charge >= 0.3 is 0 Å². The third-order valence-electron chi connectivity index (χ3n) is 4.73. The van der Waals surface area contributed by atoms with Crippen molar-refractivity contribution in [3.63, 3.8) is 0 Å². The molecule has 0 bridgehead atoms. The molecule has 1 fully saturated rings. The molecule has 3 N–H and O–H groups in total. The number of nitrogens with one attached hydrogen (secondary N) is 1. The molecule has 0 saturated heterocycles. The molecule has 0 heterocycles. The van der Waals surface area contributed by atoms with E-state index in [0.717, 1.165) is 19.3 Å². The molecule has 1 amide bonds. The zero-order valence-electron chi connectivity index (χ0n) is 15.1. The van der Waals surface area contributed by atoms with Crippen molar-refractivity contribution in [2.24, 2.45) is 5.92 Å². The lowest BCUT2D eigenvalue weighted by Crippen LogP contribution is -2.44. The van der Waals surface area contributed by atoms with Crippen LogP contribution in [-0.2, 0) is 14.6 Å². The van der Waals surface area contributed by atoms with Crippen molar-refractivity contribution in [1.82, 2.24) is 0 Å². The highest BCUT2D eigenvalue weighted by Crippen LogP contribution is 2.30. The van der Waals surface area contributed by atoms with E-state index in [1.807, 2.05) is 0 Å². The van der Waals surface area contributed by atoms with Crippen LogP contribution in [-0.4, -0.2) is 31.9 Å². The van der Waals surface area contributed by atoms with Crippen molar-refractivity contribution in [3.05, 3.63) is 18.2 Å². The fourth-order valence-corrected chi connectivity index (χ4v) is 5.98. The maximum atomic E-state index is 13.0. The molecule has 0 aliphatic heterocycles. The van der Waals surface area contributed by atoms with E-state index in [2.05, 4.69) is 5.32 Å². The van der Waals surface area contributed by atoms with Gasteiger partial charge in [0.2, 0.25) is 5.91 Å². The Hall–Kier alpha value is -1.76. The topological polar surface area (TPSA) is 98.5 Å². The number of carbonyl (C=O) groups excluding carboxylic acids is 1. The number of nitrogens with two attached hydrogens (primary N) is 1. The Kier molecular flexibility index (Phi) is 6.32. The predicted octanol–water partition coefficient (Wildman–Crippen LogP) is 2.99. The Labute approximate surface area is 150 Å². The van der Waals surface area contributed by atoms with Gasteiger partial charge in [0, 0.05) is 5.69 Å². The van der Waals surface area contributed by atoms with Crippen LogP contribution in [0.25, 0.3) is 0 Å². The molecule has 0 spiro atoms. The van der Waals surface area contributed by atoms with E-state index >= 15 is 0 Å². The molecule has 6 nitrogen and oxygen atoms in total. The minimum Gasteiger partial charge on any atom is -0.495 e. The quantitative estimate of drug-likeness (QED) is 0.752. The first-order chi connectivity index (χ1) is 11.8. The molecule has 2 rings (SSSR count). The van der Waals surface area contributed by atoms with Gasteiger partial charge in [-0.05, 0) is 37.0 Å². The average Bonchev–Trinajstić information content (AvgIpc) is 2.55. The van der Waals surface area contributed by atoms with Gasteiger partial charge in [0.25, 0.3) is 0 Å². The Morgan fingerprint density at radius 2 is 1.88 bits per heavy atom. The Morgan fingerprint density at radius 1 is 1.24 bits per heavy atom. The van der Waals surface area contributed by atoms with E-state index in [1.54, 1.807) is 32.0 Å². The summed E-state index contributed by atoms with van der Waals surface area (Å²) in [5, 5.41) is 1.23. The molecule has 1 atom stereocenters. The first-order valence-electron chi connectivity index (χ1n) is 8.74. The lowest BCUT2D eigenvalue weighted by molar-refractivity contribution is -0.116. The molecule has 25 heavy (non-hydrogen) atoms. The molecule has 7 heteroatoms. The number of amides is 1. The van der Waals surface area contributed by atoms with Crippen LogP contribution >= 0.6 is 0 Å². The molecule has 0 aromatic heterocycles. The smallest absolute Gasteiger partial charge is 0.242 e. The van der Waals surface area contributed by atoms with Crippen LogP contribution in [0.3, 0.4) is 0 Å². The summed E-state index contributed by atoms with van der Waals surface area (Å²) >= 11 is 0. The average molecular weight is 368 g/mol. The van der Waals surface area contributed by atoms with Crippen LogP contribution in [0.2, 0.25) is 0 Å². The number of ether oxygens (including phenoxy) is 1. The lowest BCUT2D eigenvalue weighted by atomic mass is 10.0. The standard InChI is InChI=1S/C18H28N2O4S/c1-12(2)17(25(22,23)14-7-5-4-6-8-14)18(21)20-13-9-10-16(24-3)15(19)11-13/h9-12,14,17H,4-8,19H2,1-3H3,(H,20,21). The molecule has 1 unspecified atom stereocenters. The molecule has 0 radical (unpaired) electrons. The van der Waals surface area contributed by atoms with Crippen molar-refractivity contribution in [2.45, 2.75) is 56.5 Å². The summed E-state index contributed by atoms with van der Waals surface area (Å²) in [4.78, 5) is 12.7. The summed E-state index contributed by atoms with van der Waals surface area (Å²) in [6.45, 7) is 3.54. The third kappa shape index (κ3) is 4.45. The SMILES string of the molecule is COc1ccc(NC(=O)C(C(C)C)S(=O)(=O)C2CCCCC2)cc1N. The number of hydrogen-bond acceptors (Lipinski definition) is 5. The zero-order chi connectivity index (χ0) is 18.6. The number of anilines is 2. The molecule has 140 valence electrons. The van der Waals surface area contributed by atoms with Gasteiger partial charge in [-0.2, -0.15) is 0 Å². The van der Waals surface area contributed by atoms with Gasteiger partial charge in [-0.1, -0.05) is 33.1 Å². The van der Waals surface area contributed by atoms with E-state index in [9.17, 15) is 13.2 Å². The maximum absolute atomic E-state index is 13.0. The monoisotopic (exact) mass is 368 g/mol. The largest absolute Gasteiger partial charge is 0.495 e. The molecule has 1 aliphatic rings. The summed E-state index contributed by atoms with van der Waals surface area (Å²) in [7, 11) is -2.02. The van der Waals surface area contributed by atoms with Gasteiger partial charge in [0.1, 0.15) is 11.0 Å². The second-order valence-electron chi connectivity index (χ2n) is 6.96. The first-order valence-corrected chi connectivity index (χ1v) is 10.4. The third-order valence-corrected chi connectivity index (χ3v) is 7.60. The van der Waals surface area contributed by atoms with Crippen molar-refractivity contribution in [1.29, 1.82) is 0 Å². The zero-order valence-corrected chi connectivity index (χ0v) is 15.9. The highest BCUT2D eigenvalue weighted by molar-refractivity contribution is 7.93. The number of rotatable bonds is 6. The summed E-state index contributed by atoms with van der Waals surface area (Å²) < 4.78 is 31.1. The van der Waals surface area contributed by atoms with Gasteiger partial charge in [-0.3, -0.25) is 4.79 Å². The summed E-state index contributed by atoms with van der Waals surface area (Å²) in [6.07, 6.45) is 4.18. The Morgan fingerprint density at radius 3 is 2.40 bits per heavy atom. The first kappa shape index (κ1) is 19.6. The van der Waals surface area contributed by atoms with Crippen LogP contribution in [0.5, 0.6) is 5.75 Å². The molecule has 1 aliphatic carbocycles. The van der Waals surface area contributed by atoms with Gasteiger partial charge in [-0.25, -0.2) is 8.42 Å². The summed E-state index contributed by atoms with van der Waals surface area (Å²) in [6, 6.07) is 4.87. The van der Waals surface area contributed by atoms with Gasteiger partial charge in [0.15, 0.2) is 9.84 Å². The van der Waals surface area contributed by atoms with Gasteiger partial charge in [-0.15, -0.1) is 0 Å². The van der Waals surface area contributed by atoms with Crippen LogP contribution < -0.4 is 15.8 Å². The Bertz CT molecular complexity index is 710.